The smallest absolute Gasteiger partial charge is 0.243 e. The Morgan fingerprint density at radius 3 is 2.84 bits per heavy atom. The summed E-state index contributed by atoms with van der Waals surface area (Å²) in [6.45, 7) is 3.82. The maximum Gasteiger partial charge on any atom is 0.243 e. The molecule has 0 aromatic heterocycles. The molecule has 5 nitrogen and oxygen atoms in total. The van der Waals surface area contributed by atoms with Gasteiger partial charge in [-0.15, -0.1) is 0 Å². The Morgan fingerprint density at radius 2 is 2.11 bits per heavy atom. The summed E-state index contributed by atoms with van der Waals surface area (Å²) in [5.41, 5.74) is 6.63. The van der Waals surface area contributed by atoms with Crippen molar-refractivity contribution < 1.29 is 13.2 Å². The quantitative estimate of drug-likeness (QED) is 0.902. The first-order valence-corrected chi connectivity index (χ1v) is 7.89. The molecule has 0 amide bonds. The van der Waals surface area contributed by atoms with Crippen molar-refractivity contribution in [3.63, 3.8) is 0 Å². The van der Waals surface area contributed by atoms with Gasteiger partial charge in [-0.1, -0.05) is 12.1 Å². The van der Waals surface area contributed by atoms with Crippen molar-refractivity contribution in [3.05, 3.63) is 29.8 Å². The minimum Gasteiger partial charge on any atom is -0.380 e. The van der Waals surface area contributed by atoms with Gasteiger partial charge in [-0.2, -0.15) is 4.31 Å². The molecular formula is C13H20N2O3S. The summed E-state index contributed by atoms with van der Waals surface area (Å²) < 4.78 is 31.9. The molecule has 1 aromatic rings. The zero-order valence-electron chi connectivity index (χ0n) is 11.1. The fourth-order valence-electron chi connectivity index (χ4n) is 2.07. The molecule has 2 rings (SSSR count). The van der Waals surface area contributed by atoms with Gasteiger partial charge >= 0.3 is 0 Å². The number of nitrogens with zero attached hydrogens (tertiary/aromatic N) is 1. The zero-order chi connectivity index (χ0) is 13.9. The predicted octanol–water partition coefficient (Wildman–Crippen LogP) is 1.12. The van der Waals surface area contributed by atoms with Gasteiger partial charge in [0, 0.05) is 25.7 Å². The molecule has 2 N–H and O–H groups in total. The third-order valence-electron chi connectivity index (χ3n) is 3.20. The van der Waals surface area contributed by atoms with Gasteiger partial charge in [-0.05, 0) is 31.0 Å². The van der Waals surface area contributed by atoms with Crippen LogP contribution in [0.3, 0.4) is 0 Å². The monoisotopic (exact) mass is 284 g/mol. The first-order chi connectivity index (χ1) is 9.01. The fraction of sp³-hybridized carbons (Fsp3) is 0.538. The Balaban J connectivity index is 2.30. The SMILES string of the molecule is CC(N)c1cccc(S(=O)(=O)N2CCCOCC2)c1. The molecule has 0 bridgehead atoms. The van der Waals surface area contributed by atoms with E-state index in [1.54, 1.807) is 18.2 Å². The second-order valence-corrected chi connectivity index (χ2v) is 6.67. The number of nitrogens with two attached hydrogens (primary N) is 1. The van der Waals surface area contributed by atoms with Crippen molar-refractivity contribution in [1.29, 1.82) is 0 Å². The van der Waals surface area contributed by atoms with Crippen molar-refractivity contribution in [2.45, 2.75) is 24.3 Å². The van der Waals surface area contributed by atoms with Crippen molar-refractivity contribution in [3.8, 4) is 0 Å². The summed E-state index contributed by atoms with van der Waals surface area (Å²) >= 11 is 0. The van der Waals surface area contributed by atoms with Crippen LogP contribution in [0.5, 0.6) is 0 Å². The Morgan fingerprint density at radius 1 is 1.32 bits per heavy atom. The zero-order valence-corrected chi connectivity index (χ0v) is 11.9. The standard InChI is InChI=1S/C13H20N2O3S/c1-11(14)12-4-2-5-13(10-12)19(16,17)15-6-3-8-18-9-7-15/h2,4-5,10-11H,3,6-9,14H2,1H3. The molecule has 1 atom stereocenters. The Labute approximate surface area is 114 Å². The Hall–Kier alpha value is -0.950. The second-order valence-electron chi connectivity index (χ2n) is 4.73. The minimum absolute atomic E-state index is 0.178. The van der Waals surface area contributed by atoms with Gasteiger partial charge < -0.3 is 10.5 Å². The summed E-state index contributed by atoms with van der Waals surface area (Å²) in [6.07, 6.45) is 0.728. The molecule has 1 heterocycles. The first-order valence-electron chi connectivity index (χ1n) is 6.45. The molecule has 1 aliphatic heterocycles. The number of sulfonamides is 1. The third kappa shape index (κ3) is 3.33. The van der Waals surface area contributed by atoms with E-state index in [0.717, 1.165) is 12.0 Å². The van der Waals surface area contributed by atoms with E-state index in [1.165, 1.54) is 4.31 Å². The number of benzene rings is 1. The Bertz CT molecular complexity index is 520. The topological polar surface area (TPSA) is 72.6 Å². The Kier molecular flexibility index (Phi) is 4.57. The van der Waals surface area contributed by atoms with Gasteiger partial charge in [0.1, 0.15) is 0 Å². The van der Waals surface area contributed by atoms with E-state index >= 15 is 0 Å². The van der Waals surface area contributed by atoms with Crippen LogP contribution in [0, 0.1) is 0 Å². The van der Waals surface area contributed by atoms with Crippen LogP contribution in [0.25, 0.3) is 0 Å². The van der Waals surface area contributed by atoms with Crippen LogP contribution in [0.2, 0.25) is 0 Å². The lowest BCUT2D eigenvalue weighted by molar-refractivity contribution is 0.148. The van der Waals surface area contributed by atoms with Crippen LogP contribution >= 0.6 is 0 Å². The van der Waals surface area contributed by atoms with Crippen LogP contribution in [0.15, 0.2) is 29.2 Å². The van der Waals surface area contributed by atoms with E-state index in [1.807, 2.05) is 13.0 Å². The van der Waals surface area contributed by atoms with E-state index in [9.17, 15) is 8.42 Å². The van der Waals surface area contributed by atoms with Gasteiger partial charge in [0.05, 0.1) is 11.5 Å². The average Bonchev–Trinajstić information content (AvgIpc) is 2.68. The molecule has 0 radical (unpaired) electrons. The summed E-state index contributed by atoms with van der Waals surface area (Å²) in [7, 11) is -3.44. The van der Waals surface area contributed by atoms with Crippen molar-refractivity contribution in [2.75, 3.05) is 26.3 Å². The van der Waals surface area contributed by atoms with Crippen molar-refractivity contribution >= 4 is 10.0 Å². The van der Waals surface area contributed by atoms with E-state index < -0.39 is 10.0 Å². The lowest BCUT2D eigenvalue weighted by atomic mass is 10.1. The van der Waals surface area contributed by atoms with Crippen LogP contribution in [-0.4, -0.2) is 39.0 Å². The van der Waals surface area contributed by atoms with E-state index in [0.29, 0.717) is 31.2 Å². The predicted molar refractivity (Wildman–Crippen MR) is 73.2 cm³/mol. The van der Waals surface area contributed by atoms with Crippen LogP contribution in [0.1, 0.15) is 24.9 Å². The number of ether oxygens (including phenoxy) is 1. The van der Waals surface area contributed by atoms with Gasteiger partial charge in [-0.25, -0.2) is 8.42 Å². The average molecular weight is 284 g/mol. The van der Waals surface area contributed by atoms with Crippen LogP contribution in [-0.2, 0) is 14.8 Å². The summed E-state index contributed by atoms with van der Waals surface area (Å²) in [5, 5.41) is 0. The molecule has 1 fully saturated rings. The third-order valence-corrected chi connectivity index (χ3v) is 5.10. The minimum atomic E-state index is -3.44. The molecule has 1 aliphatic rings. The summed E-state index contributed by atoms with van der Waals surface area (Å²) in [5.74, 6) is 0. The molecule has 1 unspecified atom stereocenters. The van der Waals surface area contributed by atoms with Crippen molar-refractivity contribution in [2.24, 2.45) is 5.73 Å². The lowest BCUT2D eigenvalue weighted by Gasteiger charge is -2.20. The maximum atomic E-state index is 12.5. The van der Waals surface area contributed by atoms with Crippen LogP contribution < -0.4 is 5.73 Å². The molecule has 0 saturated carbocycles. The normalized spacial score (nSPS) is 19.9. The van der Waals surface area contributed by atoms with Gasteiger partial charge in [0.25, 0.3) is 0 Å². The van der Waals surface area contributed by atoms with E-state index in [4.69, 9.17) is 10.5 Å². The lowest BCUT2D eigenvalue weighted by Crippen LogP contribution is -2.33. The van der Waals surface area contributed by atoms with Crippen LogP contribution in [0.4, 0.5) is 0 Å². The molecule has 1 saturated heterocycles. The first kappa shape index (κ1) is 14.5. The largest absolute Gasteiger partial charge is 0.380 e. The molecule has 6 heteroatoms. The molecule has 0 aliphatic carbocycles. The highest BCUT2D eigenvalue weighted by atomic mass is 32.2. The van der Waals surface area contributed by atoms with E-state index in [2.05, 4.69) is 0 Å². The highest BCUT2D eigenvalue weighted by Crippen LogP contribution is 2.20. The maximum absolute atomic E-state index is 12.5. The molecule has 1 aromatic carbocycles. The fourth-order valence-corrected chi connectivity index (χ4v) is 3.59. The summed E-state index contributed by atoms with van der Waals surface area (Å²) in [4.78, 5) is 0.309. The highest BCUT2D eigenvalue weighted by molar-refractivity contribution is 7.89. The number of hydrogen-bond acceptors (Lipinski definition) is 4. The molecule has 0 spiro atoms. The molecular weight excluding hydrogens is 264 g/mol. The molecule has 19 heavy (non-hydrogen) atoms. The van der Waals surface area contributed by atoms with Crippen molar-refractivity contribution in [1.82, 2.24) is 4.31 Å². The van der Waals surface area contributed by atoms with Gasteiger partial charge in [-0.3, -0.25) is 0 Å². The number of rotatable bonds is 3. The highest BCUT2D eigenvalue weighted by Gasteiger charge is 2.25. The van der Waals surface area contributed by atoms with E-state index in [-0.39, 0.29) is 6.04 Å². The van der Waals surface area contributed by atoms with Gasteiger partial charge in [0.15, 0.2) is 0 Å². The summed E-state index contributed by atoms with van der Waals surface area (Å²) in [6, 6.07) is 6.68. The molecule has 106 valence electrons. The van der Waals surface area contributed by atoms with Gasteiger partial charge in [0.2, 0.25) is 10.0 Å². The second kappa shape index (κ2) is 6.00. The number of hydrogen-bond donors (Lipinski definition) is 1.